The molecule has 1 aliphatic rings. The van der Waals surface area contributed by atoms with Gasteiger partial charge in [0.15, 0.2) is 5.82 Å². The lowest BCUT2D eigenvalue weighted by Gasteiger charge is -2.10. The van der Waals surface area contributed by atoms with Crippen LogP contribution in [0.1, 0.15) is 24.6 Å². The third kappa shape index (κ3) is 2.37. The van der Waals surface area contributed by atoms with Crippen molar-refractivity contribution in [2.24, 2.45) is 0 Å². The molecule has 1 aliphatic heterocycles. The Hall–Kier alpha value is -1.45. The van der Waals surface area contributed by atoms with E-state index in [-0.39, 0.29) is 0 Å². The lowest BCUT2D eigenvalue weighted by Crippen LogP contribution is -2.14. The van der Waals surface area contributed by atoms with E-state index in [2.05, 4.69) is 15.3 Å². The van der Waals surface area contributed by atoms with E-state index in [0.29, 0.717) is 11.1 Å². The third-order valence-electron chi connectivity index (χ3n) is 3.18. The second kappa shape index (κ2) is 5.04. The SMILES string of the molecule is Clc1cccc(-c2nccc([C@@H]3CCCN3)n2)c1. The number of benzene rings is 1. The number of nitrogens with one attached hydrogen (secondary N) is 1. The molecule has 1 N–H and O–H groups in total. The van der Waals surface area contributed by atoms with Gasteiger partial charge in [0.1, 0.15) is 0 Å². The van der Waals surface area contributed by atoms with Crippen LogP contribution in [-0.4, -0.2) is 16.5 Å². The van der Waals surface area contributed by atoms with Crippen molar-refractivity contribution >= 4 is 11.6 Å². The summed E-state index contributed by atoms with van der Waals surface area (Å²) in [4.78, 5) is 8.96. The summed E-state index contributed by atoms with van der Waals surface area (Å²) in [7, 11) is 0. The molecule has 3 nitrogen and oxygen atoms in total. The molecular weight excluding hydrogens is 246 g/mol. The highest BCUT2D eigenvalue weighted by Crippen LogP contribution is 2.24. The highest BCUT2D eigenvalue weighted by molar-refractivity contribution is 6.30. The van der Waals surface area contributed by atoms with Gasteiger partial charge in [-0.2, -0.15) is 0 Å². The molecule has 0 radical (unpaired) electrons. The molecule has 0 aliphatic carbocycles. The van der Waals surface area contributed by atoms with Crippen LogP contribution in [0.5, 0.6) is 0 Å². The van der Waals surface area contributed by atoms with Gasteiger partial charge in [-0.3, -0.25) is 0 Å². The summed E-state index contributed by atoms with van der Waals surface area (Å²) in [6.07, 6.45) is 4.17. The van der Waals surface area contributed by atoms with Gasteiger partial charge in [-0.15, -0.1) is 0 Å². The zero-order chi connectivity index (χ0) is 12.4. The lowest BCUT2D eigenvalue weighted by atomic mass is 10.1. The smallest absolute Gasteiger partial charge is 0.159 e. The molecule has 1 aromatic heterocycles. The van der Waals surface area contributed by atoms with Crippen molar-refractivity contribution in [3.8, 4) is 11.4 Å². The molecule has 3 rings (SSSR count). The fourth-order valence-electron chi connectivity index (χ4n) is 2.27. The first kappa shape index (κ1) is 11.6. The summed E-state index contributed by atoms with van der Waals surface area (Å²) in [5.74, 6) is 0.740. The van der Waals surface area contributed by atoms with Crippen LogP contribution in [-0.2, 0) is 0 Å². The Bertz CT molecular complexity index is 550. The number of halogens is 1. The molecule has 2 aromatic rings. The van der Waals surface area contributed by atoms with Gasteiger partial charge in [-0.25, -0.2) is 9.97 Å². The molecular formula is C14H14ClN3. The van der Waals surface area contributed by atoms with Gasteiger partial charge >= 0.3 is 0 Å². The molecule has 0 bridgehead atoms. The van der Waals surface area contributed by atoms with E-state index in [1.165, 1.54) is 6.42 Å². The van der Waals surface area contributed by atoms with Crippen molar-refractivity contribution in [3.63, 3.8) is 0 Å². The standard InChI is InChI=1S/C14H14ClN3/c15-11-4-1-3-10(9-11)14-17-8-6-13(18-14)12-5-2-7-16-12/h1,3-4,6,8-9,12,16H,2,5,7H2/t12-/m0/s1. The van der Waals surface area contributed by atoms with E-state index < -0.39 is 0 Å². The van der Waals surface area contributed by atoms with Gasteiger partial charge in [-0.05, 0) is 37.6 Å². The zero-order valence-corrected chi connectivity index (χ0v) is 10.7. The van der Waals surface area contributed by atoms with Crippen LogP contribution in [0.4, 0.5) is 0 Å². The molecule has 2 heterocycles. The van der Waals surface area contributed by atoms with E-state index >= 15 is 0 Å². The normalized spacial score (nSPS) is 19.1. The molecule has 4 heteroatoms. The number of nitrogens with zero attached hydrogens (tertiary/aromatic N) is 2. The van der Waals surface area contributed by atoms with Gasteiger partial charge in [0.05, 0.1) is 5.69 Å². The minimum absolute atomic E-state index is 0.367. The highest BCUT2D eigenvalue weighted by atomic mass is 35.5. The monoisotopic (exact) mass is 259 g/mol. The lowest BCUT2D eigenvalue weighted by molar-refractivity contribution is 0.626. The average Bonchev–Trinajstić information content (AvgIpc) is 2.93. The summed E-state index contributed by atoms with van der Waals surface area (Å²) in [6, 6.07) is 9.99. The first-order valence-corrected chi connectivity index (χ1v) is 6.53. The number of hydrogen-bond acceptors (Lipinski definition) is 3. The van der Waals surface area contributed by atoms with Crippen LogP contribution >= 0.6 is 11.6 Å². The maximum atomic E-state index is 5.99. The van der Waals surface area contributed by atoms with E-state index in [9.17, 15) is 0 Å². The fourth-order valence-corrected chi connectivity index (χ4v) is 2.46. The minimum atomic E-state index is 0.367. The number of rotatable bonds is 2. The molecule has 18 heavy (non-hydrogen) atoms. The second-order valence-electron chi connectivity index (χ2n) is 4.46. The first-order valence-electron chi connectivity index (χ1n) is 6.15. The van der Waals surface area contributed by atoms with E-state index in [1.807, 2.05) is 36.5 Å². The summed E-state index contributed by atoms with van der Waals surface area (Å²) >= 11 is 5.99. The Balaban J connectivity index is 1.95. The van der Waals surface area contributed by atoms with Crippen LogP contribution in [0, 0.1) is 0 Å². The molecule has 1 saturated heterocycles. The molecule has 92 valence electrons. The Morgan fingerprint density at radius 2 is 2.22 bits per heavy atom. The summed E-state index contributed by atoms with van der Waals surface area (Å²) in [5.41, 5.74) is 2.03. The Labute approximate surface area is 111 Å². The van der Waals surface area contributed by atoms with E-state index in [0.717, 1.165) is 30.0 Å². The predicted molar refractivity (Wildman–Crippen MR) is 72.5 cm³/mol. The largest absolute Gasteiger partial charge is 0.309 e. The van der Waals surface area contributed by atoms with Crippen LogP contribution in [0.3, 0.4) is 0 Å². The molecule has 0 spiro atoms. The maximum Gasteiger partial charge on any atom is 0.159 e. The van der Waals surface area contributed by atoms with Gasteiger partial charge in [-0.1, -0.05) is 23.7 Å². The molecule has 1 fully saturated rings. The van der Waals surface area contributed by atoms with E-state index in [4.69, 9.17) is 11.6 Å². The third-order valence-corrected chi connectivity index (χ3v) is 3.41. The number of hydrogen-bond donors (Lipinski definition) is 1. The Kier molecular flexibility index (Phi) is 3.26. The van der Waals surface area contributed by atoms with Crippen LogP contribution in [0.15, 0.2) is 36.5 Å². The molecule has 0 saturated carbocycles. The van der Waals surface area contributed by atoms with Crippen molar-refractivity contribution in [1.29, 1.82) is 0 Å². The summed E-state index contributed by atoms with van der Waals surface area (Å²) < 4.78 is 0. The van der Waals surface area contributed by atoms with Crippen LogP contribution < -0.4 is 5.32 Å². The molecule has 1 atom stereocenters. The highest BCUT2D eigenvalue weighted by Gasteiger charge is 2.18. The maximum absolute atomic E-state index is 5.99. The van der Waals surface area contributed by atoms with Crippen molar-refractivity contribution < 1.29 is 0 Å². The van der Waals surface area contributed by atoms with Crippen molar-refractivity contribution in [2.45, 2.75) is 18.9 Å². The molecule has 0 unspecified atom stereocenters. The summed E-state index contributed by atoms with van der Waals surface area (Å²) in [6.45, 7) is 1.07. The predicted octanol–water partition coefficient (Wildman–Crippen LogP) is 3.22. The summed E-state index contributed by atoms with van der Waals surface area (Å²) in [5, 5.41) is 4.16. The molecule has 0 amide bonds. The topological polar surface area (TPSA) is 37.8 Å². The number of aromatic nitrogens is 2. The molecule has 1 aromatic carbocycles. The van der Waals surface area contributed by atoms with Crippen LogP contribution in [0.25, 0.3) is 11.4 Å². The van der Waals surface area contributed by atoms with Crippen molar-refractivity contribution in [2.75, 3.05) is 6.54 Å². The van der Waals surface area contributed by atoms with Crippen LogP contribution in [0.2, 0.25) is 5.02 Å². The minimum Gasteiger partial charge on any atom is -0.309 e. The van der Waals surface area contributed by atoms with Crippen molar-refractivity contribution in [3.05, 3.63) is 47.2 Å². The first-order chi connectivity index (χ1) is 8.83. The zero-order valence-electron chi connectivity index (χ0n) is 9.94. The fraction of sp³-hybridized carbons (Fsp3) is 0.286. The van der Waals surface area contributed by atoms with Gasteiger partial charge in [0.25, 0.3) is 0 Å². The average molecular weight is 260 g/mol. The van der Waals surface area contributed by atoms with Gasteiger partial charge in [0, 0.05) is 22.8 Å². The quantitative estimate of drug-likeness (QED) is 0.900. The second-order valence-corrected chi connectivity index (χ2v) is 4.90. The van der Waals surface area contributed by atoms with E-state index in [1.54, 1.807) is 0 Å². The Morgan fingerprint density at radius 3 is 3.00 bits per heavy atom. The Morgan fingerprint density at radius 1 is 1.28 bits per heavy atom. The van der Waals surface area contributed by atoms with Gasteiger partial charge < -0.3 is 5.32 Å². The van der Waals surface area contributed by atoms with Gasteiger partial charge in [0.2, 0.25) is 0 Å². The van der Waals surface area contributed by atoms with Crippen molar-refractivity contribution in [1.82, 2.24) is 15.3 Å².